The van der Waals surface area contributed by atoms with Crippen LogP contribution in [0.15, 0.2) is 0 Å². The molecule has 128 valence electrons. The molecule has 0 aromatic rings. The number of rotatable bonds is 3. The normalized spacial score (nSPS) is 60.4. The van der Waals surface area contributed by atoms with Crippen molar-refractivity contribution in [2.24, 2.45) is 46.8 Å². The van der Waals surface area contributed by atoms with Gasteiger partial charge in [-0.3, -0.25) is 0 Å². The number of nitrogens with one attached hydrogen (secondary N) is 1. The second-order valence-corrected chi connectivity index (χ2v) is 11.1. The summed E-state index contributed by atoms with van der Waals surface area (Å²) in [6.45, 7) is 2.60. The van der Waals surface area contributed by atoms with E-state index < -0.39 is 0 Å². The fourth-order valence-corrected chi connectivity index (χ4v) is 9.37. The van der Waals surface area contributed by atoms with Crippen LogP contribution in [0.2, 0.25) is 0 Å². The molecule has 1 heteroatoms. The van der Waals surface area contributed by atoms with Crippen LogP contribution < -0.4 is 5.32 Å². The van der Waals surface area contributed by atoms with Crippen molar-refractivity contribution in [1.82, 2.24) is 5.32 Å². The van der Waals surface area contributed by atoms with Crippen molar-refractivity contribution in [2.75, 3.05) is 0 Å². The molecule has 8 bridgehead atoms. The lowest BCUT2D eigenvalue weighted by molar-refractivity contribution is -0.0845. The zero-order valence-corrected chi connectivity index (χ0v) is 15.0. The Hall–Kier alpha value is -0.0400. The Bertz CT molecular complexity index is 431. The van der Waals surface area contributed by atoms with Gasteiger partial charge in [-0.1, -0.05) is 0 Å². The summed E-state index contributed by atoms with van der Waals surface area (Å²) < 4.78 is 0. The molecule has 8 rings (SSSR count). The van der Waals surface area contributed by atoms with Gasteiger partial charge in [0.1, 0.15) is 0 Å². The molecule has 0 amide bonds. The zero-order chi connectivity index (χ0) is 15.2. The molecule has 0 aliphatic heterocycles. The second-order valence-electron chi connectivity index (χ2n) is 11.1. The third-order valence-electron chi connectivity index (χ3n) is 9.67. The first kappa shape index (κ1) is 14.2. The largest absolute Gasteiger partial charge is 0.310 e. The van der Waals surface area contributed by atoms with Crippen LogP contribution >= 0.6 is 0 Å². The summed E-state index contributed by atoms with van der Waals surface area (Å²) in [4.78, 5) is 0. The average molecular weight is 314 g/mol. The molecule has 1 unspecified atom stereocenters. The van der Waals surface area contributed by atoms with Crippen LogP contribution in [0.25, 0.3) is 0 Å². The van der Waals surface area contributed by atoms with Crippen LogP contribution in [0.3, 0.4) is 0 Å². The van der Waals surface area contributed by atoms with E-state index in [4.69, 9.17) is 0 Å². The van der Waals surface area contributed by atoms with Gasteiger partial charge in [0.2, 0.25) is 0 Å². The van der Waals surface area contributed by atoms with Crippen molar-refractivity contribution in [2.45, 2.75) is 89.6 Å². The lowest BCUT2D eigenvalue weighted by Gasteiger charge is -2.61. The zero-order valence-electron chi connectivity index (χ0n) is 15.0. The van der Waals surface area contributed by atoms with Gasteiger partial charge >= 0.3 is 0 Å². The van der Waals surface area contributed by atoms with E-state index >= 15 is 0 Å². The minimum absolute atomic E-state index is 0.698. The molecule has 0 aromatic carbocycles. The highest BCUT2D eigenvalue weighted by atomic mass is 15.0. The van der Waals surface area contributed by atoms with Crippen LogP contribution in [0, 0.1) is 46.8 Å². The molecule has 0 spiro atoms. The lowest BCUT2D eigenvalue weighted by atomic mass is 9.47. The van der Waals surface area contributed by atoms with Gasteiger partial charge in [0.25, 0.3) is 0 Å². The first-order valence-electron chi connectivity index (χ1n) is 10.9. The fourth-order valence-electron chi connectivity index (χ4n) is 9.37. The Kier molecular flexibility index (Phi) is 2.94. The summed E-state index contributed by atoms with van der Waals surface area (Å²) >= 11 is 0. The van der Waals surface area contributed by atoms with E-state index in [1.54, 1.807) is 70.6 Å². The van der Waals surface area contributed by atoms with Crippen LogP contribution in [0.5, 0.6) is 0 Å². The predicted molar refractivity (Wildman–Crippen MR) is 94.0 cm³/mol. The SMILES string of the molecule is CC(NC1C2CC3CC(C2)CC1C3)C12CC3CC(CC(C3)C1)C2. The maximum atomic E-state index is 4.32. The van der Waals surface area contributed by atoms with Crippen molar-refractivity contribution in [3.8, 4) is 0 Å². The number of hydrogen-bond donors (Lipinski definition) is 1. The summed E-state index contributed by atoms with van der Waals surface area (Å²) in [6, 6.07) is 1.68. The highest BCUT2D eigenvalue weighted by Crippen LogP contribution is 2.62. The Morgan fingerprint density at radius 2 is 1.09 bits per heavy atom. The van der Waals surface area contributed by atoms with Crippen LogP contribution in [-0.2, 0) is 0 Å². The Morgan fingerprint density at radius 1 is 0.652 bits per heavy atom. The van der Waals surface area contributed by atoms with E-state index in [9.17, 15) is 0 Å². The molecule has 1 N–H and O–H groups in total. The molecule has 8 fully saturated rings. The molecular formula is C22H35N. The monoisotopic (exact) mass is 313 g/mol. The first-order valence-corrected chi connectivity index (χ1v) is 10.9. The predicted octanol–water partition coefficient (Wildman–Crippen LogP) is 5.01. The molecule has 23 heavy (non-hydrogen) atoms. The number of hydrogen-bond acceptors (Lipinski definition) is 1. The van der Waals surface area contributed by atoms with Gasteiger partial charge in [0.15, 0.2) is 0 Å². The standard InChI is InChI=1S/C22H35N/c1-13(22-10-16-3-17(11-22)5-18(4-16)12-22)23-21-19-6-14-2-15(8-19)9-20(21)7-14/h13-21,23H,2-12H2,1H3. The average Bonchev–Trinajstić information content (AvgIpc) is 2.48. The van der Waals surface area contributed by atoms with E-state index in [1.165, 1.54) is 0 Å². The Labute approximate surface area is 142 Å². The first-order chi connectivity index (χ1) is 11.2. The van der Waals surface area contributed by atoms with Crippen molar-refractivity contribution >= 4 is 0 Å². The topological polar surface area (TPSA) is 12.0 Å². The van der Waals surface area contributed by atoms with Crippen molar-refractivity contribution in [3.63, 3.8) is 0 Å². The van der Waals surface area contributed by atoms with Gasteiger partial charge in [-0.25, -0.2) is 0 Å². The quantitative estimate of drug-likeness (QED) is 0.772. The highest BCUT2D eigenvalue weighted by Gasteiger charge is 2.55. The maximum Gasteiger partial charge on any atom is 0.0127 e. The van der Waals surface area contributed by atoms with E-state index in [1.807, 2.05) is 0 Å². The van der Waals surface area contributed by atoms with Gasteiger partial charge in [-0.15, -0.1) is 0 Å². The van der Waals surface area contributed by atoms with E-state index in [0.29, 0.717) is 5.41 Å². The lowest BCUT2D eigenvalue weighted by Crippen LogP contribution is -2.61. The molecule has 0 aromatic heterocycles. The molecule has 0 radical (unpaired) electrons. The van der Waals surface area contributed by atoms with Gasteiger partial charge < -0.3 is 5.32 Å². The van der Waals surface area contributed by atoms with Gasteiger partial charge in [0, 0.05) is 12.1 Å². The third kappa shape index (κ3) is 2.07. The summed E-state index contributed by atoms with van der Waals surface area (Å²) in [5.74, 6) is 7.62. The van der Waals surface area contributed by atoms with Gasteiger partial charge in [0.05, 0.1) is 0 Å². The van der Waals surface area contributed by atoms with Gasteiger partial charge in [-0.05, 0) is 124 Å². The molecular weight excluding hydrogens is 278 g/mol. The molecule has 8 aliphatic carbocycles. The minimum Gasteiger partial charge on any atom is -0.310 e. The van der Waals surface area contributed by atoms with E-state index in [2.05, 4.69) is 12.2 Å². The molecule has 1 atom stereocenters. The summed E-state index contributed by atoms with van der Waals surface area (Å²) in [5.41, 5.74) is 0.698. The summed E-state index contributed by atoms with van der Waals surface area (Å²) in [7, 11) is 0. The maximum absolute atomic E-state index is 4.32. The molecule has 0 heterocycles. The summed E-state index contributed by atoms with van der Waals surface area (Å²) in [6.07, 6.45) is 17.3. The van der Waals surface area contributed by atoms with Crippen molar-refractivity contribution in [1.29, 1.82) is 0 Å². The van der Waals surface area contributed by atoms with Crippen molar-refractivity contribution < 1.29 is 0 Å². The highest BCUT2D eigenvalue weighted by molar-refractivity contribution is 5.08. The molecule has 8 aliphatic rings. The van der Waals surface area contributed by atoms with Crippen LogP contribution in [-0.4, -0.2) is 12.1 Å². The molecule has 0 saturated heterocycles. The van der Waals surface area contributed by atoms with Crippen LogP contribution in [0.1, 0.15) is 77.6 Å². The summed E-state index contributed by atoms with van der Waals surface area (Å²) in [5, 5.41) is 4.32. The Balaban J connectivity index is 1.22. The molecule has 8 saturated carbocycles. The Morgan fingerprint density at radius 3 is 1.57 bits per heavy atom. The molecule has 1 nitrogen and oxygen atoms in total. The van der Waals surface area contributed by atoms with E-state index in [-0.39, 0.29) is 0 Å². The smallest absolute Gasteiger partial charge is 0.0127 e. The van der Waals surface area contributed by atoms with E-state index in [0.717, 1.165) is 53.5 Å². The van der Waals surface area contributed by atoms with Crippen LogP contribution in [0.4, 0.5) is 0 Å². The second kappa shape index (κ2) is 4.77. The fraction of sp³-hybridized carbons (Fsp3) is 1.00. The van der Waals surface area contributed by atoms with Gasteiger partial charge in [-0.2, -0.15) is 0 Å². The third-order valence-corrected chi connectivity index (χ3v) is 9.67. The minimum atomic E-state index is 0.698. The van der Waals surface area contributed by atoms with Crippen molar-refractivity contribution in [3.05, 3.63) is 0 Å².